The van der Waals surface area contributed by atoms with Gasteiger partial charge in [0.1, 0.15) is 22.8 Å². The van der Waals surface area contributed by atoms with E-state index in [0.29, 0.717) is 29.0 Å². The molecule has 0 aromatic heterocycles. The minimum atomic E-state index is -2.66. The fourth-order valence-corrected chi connectivity index (χ4v) is 8.62. The first-order chi connectivity index (χ1) is 19.4. The number of likely N-dealkylation sites (tertiary alicyclic amines) is 1. The van der Waals surface area contributed by atoms with Crippen LogP contribution in [-0.2, 0) is 27.3 Å². The van der Waals surface area contributed by atoms with Crippen LogP contribution in [-0.4, -0.2) is 86.5 Å². The van der Waals surface area contributed by atoms with Crippen molar-refractivity contribution in [2.24, 2.45) is 29.4 Å². The molecule has 2 unspecified atom stereocenters. The third kappa shape index (κ3) is 4.06. The van der Waals surface area contributed by atoms with Gasteiger partial charge in [-0.3, -0.25) is 24.2 Å². The molecule has 1 aromatic rings. The molecule has 1 saturated heterocycles. The monoisotopic (exact) mass is 585 g/mol. The zero-order valence-electron chi connectivity index (χ0n) is 23.2. The number of carbonyl (C=O) groups is 3. The second-order valence-corrected chi connectivity index (χ2v) is 13.1. The molecule has 1 heterocycles. The van der Waals surface area contributed by atoms with Crippen molar-refractivity contribution in [2.75, 3.05) is 27.2 Å². The van der Waals surface area contributed by atoms with E-state index < -0.39 is 58.0 Å². The van der Waals surface area contributed by atoms with Crippen LogP contribution in [0.3, 0.4) is 0 Å². The van der Waals surface area contributed by atoms with Gasteiger partial charge in [0, 0.05) is 36.1 Å². The molecule has 0 bridgehead atoms. The Labute approximate surface area is 243 Å². The van der Waals surface area contributed by atoms with E-state index in [-0.39, 0.29) is 29.7 Å². The van der Waals surface area contributed by atoms with Gasteiger partial charge in [-0.05, 0) is 74.7 Å². The second-order valence-electron chi connectivity index (χ2n) is 12.7. The number of aliphatic hydroxyl groups excluding tert-OH is 2. The molecule has 1 aliphatic heterocycles. The zero-order valence-corrected chi connectivity index (χ0v) is 23.9. The summed E-state index contributed by atoms with van der Waals surface area (Å²) in [6, 6.07) is 0.399. The first-order valence-corrected chi connectivity index (χ1v) is 14.6. The number of nitrogens with zero attached hydrogens (tertiary/aromatic N) is 2. The molecular weight excluding hydrogens is 550 g/mol. The van der Waals surface area contributed by atoms with Gasteiger partial charge in [-0.1, -0.05) is 24.4 Å². The fraction of sp³-hybridized carbons (Fsp3) is 0.567. The number of hydrogen-bond acceptors (Lipinski definition) is 9. The van der Waals surface area contributed by atoms with E-state index in [2.05, 4.69) is 4.90 Å². The molecule has 0 radical (unpaired) electrons. The van der Waals surface area contributed by atoms with Gasteiger partial charge in [0.05, 0.1) is 11.6 Å². The summed E-state index contributed by atoms with van der Waals surface area (Å²) in [6.45, 7) is 2.52. The van der Waals surface area contributed by atoms with Crippen molar-refractivity contribution in [2.45, 2.75) is 56.7 Å². The summed E-state index contributed by atoms with van der Waals surface area (Å²) in [5.74, 6) is -5.35. The number of rotatable bonds is 4. The number of primary amides is 1. The third-order valence-corrected chi connectivity index (χ3v) is 10.6. The summed E-state index contributed by atoms with van der Waals surface area (Å²) in [6.07, 6.45) is 5.20. The summed E-state index contributed by atoms with van der Waals surface area (Å²) >= 11 is 6.94. The lowest BCUT2D eigenvalue weighted by Crippen LogP contribution is -2.65. The van der Waals surface area contributed by atoms with Gasteiger partial charge in [0.2, 0.25) is 5.78 Å². The van der Waals surface area contributed by atoms with Crippen molar-refractivity contribution in [1.29, 1.82) is 0 Å². The van der Waals surface area contributed by atoms with Gasteiger partial charge in [0.15, 0.2) is 11.4 Å². The molecule has 11 heteroatoms. The average Bonchev–Trinajstić information content (AvgIpc) is 3.31. The van der Waals surface area contributed by atoms with Crippen molar-refractivity contribution in [1.82, 2.24) is 9.80 Å². The van der Waals surface area contributed by atoms with E-state index in [9.17, 15) is 34.8 Å². The Morgan fingerprint density at radius 3 is 2.37 bits per heavy atom. The number of Topliss-reactive ketones (excluding diaryl/α,β-unsaturated/α-hetero) is 2. The first-order valence-electron chi connectivity index (χ1n) is 14.3. The van der Waals surface area contributed by atoms with Crippen molar-refractivity contribution in [3.05, 3.63) is 44.7 Å². The Morgan fingerprint density at radius 2 is 1.78 bits per heavy atom. The van der Waals surface area contributed by atoms with E-state index in [1.807, 2.05) is 0 Å². The highest BCUT2D eigenvalue weighted by Gasteiger charge is 2.64. The number of amides is 1. The molecule has 2 saturated carbocycles. The number of benzene rings is 1. The highest BCUT2D eigenvalue weighted by Crippen LogP contribution is 2.54. The maximum absolute atomic E-state index is 13.9. The van der Waals surface area contributed by atoms with Gasteiger partial charge in [-0.2, -0.15) is 0 Å². The van der Waals surface area contributed by atoms with Crippen LogP contribution in [0.1, 0.15) is 48.8 Å². The van der Waals surface area contributed by atoms with E-state index >= 15 is 0 Å². The summed E-state index contributed by atoms with van der Waals surface area (Å²) in [7, 11) is 3.15. The standard InChI is InChI=1S/C30H36ClN3O7/c1-33(2)24-18-8-15-7-17-21(25(36)20(15)27(38)30(18,41)28(39)22(26(24)37)29(32)40)19(35)9-16(23(17)31)12-34-10-13-5-3-4-6-14(13)11-34/h9,13-15,18,24,35-36,39,41H,3-8,10-12H2,1-2H3,(H2,32,40)/t13?,14?,15-,18-,24-,30-/m0/s1. The maximum atomic E-state index is 13.9. The van der Waals surface area contributed by atoms with E-state index in [4.69, 9.17) is 17.3 Å². The Bertz CT molecular complexity index is 1420. The lowest BCUT2D eigenvalue weighted by Gasteiger charge is -2.50. The minimum Gasteiger partial charge on any atom is -0.508 e. The number of aromatic hydroxyl groups is 1. The van der Waals surface area contributed by atoms with E-state index in [1.165, 1.54) is 36.6 Å². The van der Waals surface area contributed by atoms with E-state index in [0.717, 1.165) is 18.7 Å². The number of aliphatic hydroxyl groups is 3. The third-order valence-electron chi connectivity index (χ3n) is 10.2. The normalized spacial score (nSPS) is 33.5. The number of carbonyl (C=O) groups excluding carboxylic acids is 3. The quantitative estimate of drug-likeness (QED) is 0.333. The smallest absolute Gasteiger partial charge is 0.255 e. The number of phenolic OH excluding ortho intramolecular Hbond substituents is 1. The molecule has 6 atom stereocenters. The fourth-order valence-electron chi connectivity index (χ4n) is 8.33. The van der Waals surface area contributed by atoms with Gasteiger partial charge in [0.25, 0.3) is 5.91 Å². The van der Waals surface area contributed by atoms with Crippen molar-refractivity contribution in [3.8, 4) is 5.75 Å². The van der Waals surface area contributed by atoms with Gasteiger partial charge >= 0.3 is 0 Å². The molecule has 0 spiro atoms. The largest absolute Gasteiger partial charge is 0.508 e. The van der Waals surface area contributed by atoms with Gasteiger partial charge < -0.3 is 26.2 Å². The van der Waals surface area contributed by atoms with Crippen molar-refractivity contribution in [3.63, 3.8) is 0 Å². The molecule has 1 amide bonds. The van der Waals surface area contributed by atoms with Crippen LogP contribution in [0.2, 0.25) is 5.02 Å². The minimum absolute atomic E-state index is 0.0186. The number of fused-ring (bicyclic) bond motifs is 4. The summed E-state index contributed by atoms with van der Waals surface area (Å²) < 4.78 is 0. The van der Waals surface area contributed by atoms with Crippen LogP contribution < -0.4 is 5.73 Å². The summed E-state index contributed by atoms with van der Waals surface area (Å²) in [4.78, 5) is 43.2. The molecule has 10 nitrogen and oxygen atoms in total. The zero-order chi connectivity index (χ0) is 29.5. The Morgan fingerprint density at radius 1 is 1.15 bits per heavy atom. The SMILES string of the molecule is CN(C)[C@@H]1C(=O)C(C(N)=O)=C(O)[C@@]2(O)C(=O)C3=C(O)c4c(O)cc(CN5CC6CCCCC6C5)c(Cl)c4C[C@H]3C[C@@H]12. The summed E-state index contributed by atoms with van der Waals surface area (Å²) in [5, 5.41) is 45.6. The number of ketones is 2. The summed E-state index contributed by atoms with van der Waals surface area (Å²) in [5.41, 5.74) is 2.96. The second kappa shape index (κ2) is 9.83. The number of likely N-dealkylation sites (N-methyl/N-ethyl adjacent to an activating group) is 1. The lowest BCUT2D eigenvalue weighted by molar-refractivity contribution is -0.153. The number of nitrogens with two attached hydrogens (primary N) is 1. The van der Waals surface area contributed by atoms with Crippen LogP contribution >= 0.6 is 11.6 Å². The van der Waals surface area contributed by atoms with Crippen LogP contribution in [0.4, 0.5) is 0 Å². The van der Waals surface area contributed by atoms with Crippen LogP contribution in [0.25, 0.3) is 5.76 Å². The highest BCUT2D eigenvalue weighted by atomic mass is 35.5. The maximum Gasteiger partial charge on any atom is 0.255 e. The van der Waals surface area contributed by atoms with Crippen molar-refractivity contribution < 1.29 is 34.8 Å². The molecule has 3 fully saturated rings. The number of halogens is 1. The van der Waals surface area contributed by atoms with Gasteiger partial charge in [-0.25, -0.2) is 0 Å². The predicted octanol–water partition coefficient (Wildman–Crippen LogP) is 2.24. The molecule has 1 aromatic carbocycles. The Balaban J connectivity index is 1.41. The lowest BCUT2D eigenvalue weighted by atomic mass is 9.57. The van der Waals surface area contributed by atoms with Crippen LogP contribution in [0.15, 0.2) is 23.0 Å². The predicted molar refractivity (Wildman–Crippen MR) is 150 cm³/mol. The highest BCUT2D eigenvalue weighted by molar-refractivity contribution is 6.32. The average molecular weight is 586 g/mol. The van der Waals surface area contributed by atoms with Crippen LogP contribution in [0.5, 0.6) is 5.75 Å². The Hall–Kier alpha value is -2.92. The number of phenols is 1. The molecule has 5 aliphatic rings. The first kappa shape index (κ1) is 28.2. The molecule has 6 rings (SSSR count). The molecular formula is C30H36ClN3O7. The number of hydrogen-bond donors (Lipinski definition) is 5. The molecule has 6 N–H and O–H groups in total. The van der Waals surface area contributed by atoms with Crippen molar-refractivity contribution >= 4 is 34.8 Å². The topological polar surface area (TPSA) is 165 Å². The molecule has 4 aliphatic carbocycles. The molecule has 220 valence electrons. The Kier molecular flexibility index (Phi) is 6.76. The molecule has 41 heavy (non-hydrogen) atoms. The van der Waals surface area contributed by atoms with Gasteiger partial charge in [-0.15, -0.1) is 0 Å². The van der Waals surface area contributed by atoms with Crippen LogP contribution in [0, 0.1) is 23.7 Å². The van der Waals surface area contributed by atoms with E-state index in [1.54, 1.807) is 14.1 Å².